The summed E-state index contributed by atoms with van der Waals surface area (Å²) in [6.45, 7) is 5.11. The summed E-state index contributed by atoms with van der Waals surface area (Å²) in [5.74, 6) is -0.660. The molecule has 0 aromatic heterocycles. The first-order chi connectivity index (χ1) is 10.8. The molecule has 7 heteroatoms. The van der Waals surface area contributed by atoms with Gasteiger partial charge in [0, 0.05) is 11.1 Å². The Bertz CT molecular complexity index is 551. The van der Waals surface area contributed by atoms with Crippen molar-refractivity contribution in [1.82, 2.24) is 5.32 Å². The predicted octanol–water partition coefficient (Wildman–Crippen LogP) is 3.61. The second-order valence-corrected chi connectivity index (χ2v) is 6.04. The third-order valence-electron chi connectivity index (χ3n) is 3.00. The van der Waals surface area contributed by atoms with Crippen LogP contribution in [0.25, 0.3) is 0 Å². The molecule has 0 saturated heterocycles. The second-order valence-electron chi connectivity index (χ2n) is 5.20. The lowest BCUT2D eigenvalue weighted by Gasteiger charge is -2.16. The van der Waals surface area contributed by atoms with Crippen LogP contribution in [0.3, 0.4) is 0 Å². The van der Waals surface area contributed by atoms with Gasteiger partial charge in [0.25, 0.3) is 5.91 Å². The fourth-order valence-corrected chi connectivity index (χ4v) is 2.34. The van der Waals surface area contributed by atoms with Gasteiger partial charge >= 0.3 is 5.97 Å². The molecule has 0 heterocycles. The maximum absolute atomic E-state index is 11.8. The number of carbonyl (C=O) groups excluding carboxylic acids is 2. The fourth-order valence-electron chi connectivity index (χ4n) is 1.89. The number of esters is 1. The van der Waals surface area contributed by atoms with Gasteiger partial charge in [0.05, 0.1) is 5.02 Å². The highest BCUT2D eigenvalue weighted by Crippen LogP contribution is 2.28. The number of nitrogens with one attached hydrogen (secondary N) is 1. The predicted molar refractivity (Wildman–Crippen MR) is 90.0 cm³/mol. The molecule has 0 bridgehead atoms. The van der Waals surface area contributed by atoms with Gasteiger partial charge in [0.15, 0.2) is 12.7 Å². The monoisotopic (exact) mass is 361 g/mol. The minimum atomic E-state index is -0.894. The van der Waals surface area contributed by atoms with Crippen LogP contribution in [0.15, 0.2) is 18.2 Å². The molecule has 1 amide bonds. The number of hydrogen-bond donors (Lipinski definition) is 1. The van der Waals surface area contributed by atoms with E-state index in [0.29, 0.717) is 15.8 Å². The summed E-state index contributed by atoms with van der Waals surface area (Å²) in [5.41, 5.74) is 0. The van der Waals surface area contributed by atoms with Crippen LogP contribution in [0, 0.1) is 0 Å². The SMILES string of the molecule is CCC[C@@H](C)NC(=O)COC(=O)[C@@H](C)Oc1ccc(Cl)cc1Cl. The van der Waals surface area contributed by atoms with Crippen molar-refractivity contribution in [3.63, 3.8) is 0 Å². The van der Waals surface area contributed by atoms with E-state index in [4.69, 9.17) is 32.7 Å². The average molecular weight is 362 g/mol. The van der Waals surface area contributed by atoms with Gasteiger partial charge in [-0.3, -0.25) is 4.79 Å². The van der Waals surface area contributed by atoms with Crippen LogP contribution in [0.2, 0.25) is 10.0 Å². The van der Waals surface area contributed by atoms with Gasteiger partial charge < -0.3 is 14.8 Å². The van der Waals surface area contributed by atoms with E-state index in [0.717, 1.165) is 12.8 Å². The maximum Gasteiger partial charge on any atom is 0.347 e. The summed E-state index contributed by atoms with van der Waals surface area (Å²) in [6.07, 6.45) is 0.942. The number of hydrogen-bond acceptors (Lipinski definition) is 4. The Balaban J connectivity index is 2.43. The van der Waals surface area contributed by atoms with Gasteiger partial charge in [-0.25, -0.2) is 4.79 Å². The van der Waals surface area contributed by atoms with Gasteiger partial charge in [-0.1, -0.05) is 36.5 Å². The number of amides is 1. The Hall–Kier alpha value is -1.46. The highest BCUT2D eigenvalue weighted by molar-refractivity contribution is 6.35. The molecule has 1 rings (SSSR count). The van der Waals surface area contributed by atoms with Crippen LogP contribution in [-0.4, -0.2) is 30.6 Å². The molecule has 0 unspecified atom stereocenters. The van der Waals surface area contributed by atoms with E-state index in [1.165, 1.54) is 13.0 Å². The average Bonchev–Trinajstić information content (AvgIpc) is 2.47. The van der Waals surface area contributed by atoms with Crippen molar-refractivity contribution >= 4 is 35.1 Å². The van der Waals surface area contributed by atoms with E-state index in [2.05, 4.69) is 5.32 Å². The van der Waals surface area contributed by atoms with E-state index < -0.39 is 12.1 Å². The molecule has 0 aliphatic heterocycles. The Morgan fingerprint density at radius 3 is 2.57 bits per heavy atom. The number of rotatable bonds is 8. The van der Waals surface area contributed by atoms with E-state index in [1.54, 1.807) is 12.1 Å². The van der Waals surface area contributed by atoms with Crippen LogP contribution < -0.4 is 10.1 Å². The third-order valence-corrected chi connectivity index (χ3v) is 3.53. The summed E-state index contributed by atoms with van der Waals surface area (Å²) in [7, 11) is 0. The number of carbonyl (C=O) groups is 2. The van der Waals surface area contributed by atoms with E-state index >= 15 is 0 Å². The zero-order valence-corrected chi connectivity index (χ0v) is 14.9. The van der Waals surface area contributed by atoms with E-state index in [9.17, 15) is 9.59 Å². The first kappa shape index (κ1) is 19.6. The first-order valence-electron chi connectivity index (χ1n) is 7.41. The van der Waals surface area contributed by atoms with Gasteiger partial charge in [-0.05, 0) is 38.5 Å². The normalized spacial score (nSPS) is 13.1. The molecule has 1 aromatic carbocycles. The van der Waals surface area contributed by atoms with E-state index in [-0.39, 0.29) is 18.6 Å². The van der Waals surface area contributed by atoms with Gasteiger partial charge in [0.2, 0.25) is 0 Å². The van der Waals surface area contributed by atoms with Crippen LogP contribution in [-0.2, 0) is 14.3 Å². The highest BCUT2D eigenvalue weighted by atomic mass is 35.5. The molecule has 0 aliphatic rings. The molecule has 128 valence electrons. The van der Waals surface area contributed by atoms with Gasteiger partial charge in [-0.15, -0.1) is 0 Å². The Kier molecular flexibility index (Phi) is 8.20. The summed E-state index contributed by atoms with van der Waals surface area (Å²) in [5, 5.41) is 3.51. The molecule has 0 spiro atoms. The molecular weight excluding hydrogens is 341 g/mol. The molecule has 0 radical (unpaired) electrons. The largest absolute Gasteiger partial charge is 0.477 e. The smallest absolute Gasteiger partial charge is 0.347 e. The molecule has 23 heavy (non-hydrogen) atoms. The van der Waals surface area contributed by atoms with Crippen molar-refractivity contribution in [3.05, 3.63) is 28.2 Å². The van der Waals surface area contributed by atoms with Crippen LogP contribution in [0.5, 0.6) is 5.75 Å². The lowest BCUT2D eigenvalue weighted by atomic mass is 10.2. The summed E-state index contributed by atoms with van der Waals surface area (Å²) >= 11 is 11.8. The minimum Gasteiger partial charge on any atom is -0.477 e. The Morgan fingerprint density at radius 2 is 1.96 bits per heavy atom. The van der Waals surface area contributed by atoms with Crippen LogP contribution in [0.4, 0.5) is 0 Å². The van der Waals surface area contributed by atoms with Crippen molar-refractivity contribution in [1.29, 1.82) is 0 Å². The highest BCUT2D eigenvalue weighted by Gasteiger charge is 2.19. The fraction of sp³-hybridized carbons (Fsp3) is 0.500. The summed E-state index contributed by atoms with van der Waals surface area (Å²) in [4.78, 5) is 23.5. The molecule has 0 fully saturated rings. The first-order valence-corrected chi connectivity index (χ1v) is 8.16. The molecule has 2 atom stereocenters. The van der Waals surface area contributed by atoms with Crippen LogP contribution >= 0.6 is 23.2 Å². The van der Waals surface area contributed by atoms with Crippen LogP contribution in [0.1, 0.15) is 33.6 Å². The Labute approximate surface area is 146 Å². The molecule has 1 N–H and O–H groups in total. The minimum absolute atomic E-state index is 0.0488. The lowest BCUT2D eigenvalue weighted by Crippen LogP contribution is -2.37. The molecule has 0 saturated carbocycles. The van der Waals surface area contributed by atoms with Crippen molar-refractivity contribution in [2.45, 2.75) is 45.8 Å². The number of ether oxygens (including phenoxy) is 2. The van der Waals surface area contributed by atoms with Crippen molar-refractivity contribution in [3.8, 4) is 5.75 Å². The molecule has 1 aromatic rings. The standard InChI is InChI=1S/C16H21Cl2NO4/c1-4-5-10(2)19-15(20)9-22-16(21)11(3)23-14-7-6-12(17)8-13(14)18/h6-8,10-11H,4-5,9H2,1-3H3,(H,19,20)/t10-,11-/m1/s1. The van der Waals surface area contributed by atoms with E-state index in [1.807, 2.05) is 13.8 Å². The molecule has 0 aliphatic carbocycles. The maximum atomic E-state index is 11.8. The topological polar surface area (TPSA) is 64.6 Å². The zero-order chi connectivity index (χ0) is 17.4. The van der Waals surface area contributed by atoms with Crippen molar-refractivity contribution in [2.75, 3.05) is 6.61 Å². The lowest BCUT2D eigenvalue weighted by molar-refractivity contribution is -0.154. The third kappa shape index (κ3) is 7.10. The van der Waals surface area contributed by atoms with Gasteiger partial charge in [-0.2, -0.15) is 0 Å². The Morgan fingerprint density at radius 1 is 1.26 bits per heavy atom. The molecule has 5 nitrogen and oxygen atoms in total. The number of benzene rings is 1. The van der Waals surface area contributed by atoms with Crippen molar-refractivity contribution in [2.24, 2.45) is 0 Å². The zero-order valence-electron chi connectivity index (χ0n) is 13.4. The summed E-state index contributed by atoms with van der Waals surface area (Å²) in [6, 6.07) is 4.73. The van der Waals surface area contributed by atoms with Gasteiger partial charge in [0.1, 0.15) is 5.75 Å². The molecular formula is C16H21Cl2NO4. The number of halogens is 2. The second kappa shape index (κ2) is 9.63. The summed E-state index contributed by atoms with van der Waals surface area (Å²) < 4.78 is 10.4. The van der Waals surface area contributed by atoms with Crippen molar-refractivity contribution < 1.29 is 19.1 Å². The quantitative estimate of drug-likeness (QED) is 0.718.